The molecular formula is C27H29BrN2O5S. The fourth-order valence-electron chi connectivity index (χ4n) is 4.51. The summed E-state index contributed by atoms with van der Waals surface area (Å²) in [6.45, 7) is 3.95. The van der Waals surface area contributed by atoms with E-state index in [0.29, 0.717) is 38.6 Å². The molecule has 1 aliphatic carbocycles. The van der Waals surface area contributed by atoms with E-state index in [2.05, 4.69) is 22.9 Å². The molecule has 1 heterocycles. The van der Waals surface area contributed by atoms with Gasteiger partial charge in [0.05, 0.1) is 21.7 Å². The van der Waals surface area contributed by atoms with Crippen LogP contribution in [0.2, 0.25) is 0 Å². The van der Waals surface area contributed by atoms with Gasteiger partial charge in [-0.05, 0) is 89.3 Å². The zero-order valence-corrected chi connectivity index (χ0v) is 22.7. The van der Waals surface area contributed by atoms with Gasteiger partial charge in [0.15, 0.2) is 23.3 Å². The van der Waals surface area contributed by atoms with Crippen LogP contribution in [0.5, 0.6) is 11.5 Å². The third-order valence-corrected chi connectivity index (χ3v) is 7.76. The van der Waals surface area contributed by atoms with Crippen molar-refractivity contribution in [2.75, 3.05) is 13.2 Å². The number of carboxylic acids is 1. The van der Waals surface area contributed by atoms with Crippen molar-refractivity contribution < 1.29 is 24.2 Å². The number of halogens is 1. The van der Waals surface area contributed by atoms with Crippen molar-refractivity contribution in [1.82, 2.24) is 4.90 Å². The number of aliphatic imine (C=N–C) groups is 1. The zero-order valence-electron chi connectivity index (χ0n) is 20.3. The topological polar surface area (TPSA) is 88.4 Å². The molecular weight excluding hydrogens is 544 g/mol. The number of aliphatic carboxylic acids is 1. The minimum atomic E-state index is -1.08. The second kappa shape index (κ2) is 12.0. The zero-order chi connectivity index (χ0) is 25.7. The van der Waals surface area contributed by atoms with Gasteiger partial charge in [-0.1, -0.05) is 38.0 Å². The summed E-state index contributed by atoms with van der Waals surface area (Å²) in [7, 11) is 0. The summed E-state index contributed by atoms with van der Waals surface area (Å²) >= 11 is 4.85. The highest BCUT2D eigenvalue weighted by Gasteiger charge is 2.41. The maximum absolute atomic E-state index is 13.7. The van der Waals surface area contributed by atoms with E-state index in [4.69, 9.17) is 19.6 Å². The molecule has 2 aliphatic rings. The summed E-state index contributed by atoms with van der Waals surface area (Å²) in [6.07, 6.45) is 6.17. The Morgan fingerprint density at radius 2 is 1.97 bits per heavy atom. The maximum atomic E-state index is 13.7. The molecule has 0 spiro atoms. The summed E-state index contributed by atoms with van der Waals surface area (Å²) in [4.78, 5) is 32.0. The molecule has 1 aliphatic heterocycles. The SMILES string of the molecule is CCOc1cc(/C=C2\SC(=Nc3ccccc3)N([C@@H]3CCCC[C@H]3C)C2=O)cc(Br)c1OCC(=O)O. The van der Waals surface area contributed by atoms with E-state index in [-0.39, 0.29) is 11.9 Å². The number of para-hydroxylation sites is 1. The van der Waals surface area contributed by atoms with E-state index in [0.717, 1.165) is 30.5 Å². The molecule has 4 rings (SSSR count). The first-order valence-corrected chi connectivity index (χ1v) is 13.7. The van der Waals surface area contributed by atoms with Crippen LogP contribution in [0.25, 0.3) is 6.08 Å². The number of hydrogen-bond donors (Lipinski definition) is 1. The van der Waals surface area contributed by atoms with E-state index in [1.807, 2.05) is 48.2 Å². The first-order chi connectivity index (χ1) is 17.4. The number of hydrogen-bond acceptors (Lipinski definition) is 6. The predicted molar refractivity (Wildman–Crippen MR) is 146 cm³/mol. The van der Waals surface area contributed by atoms with Gasteiger partial charge in [-0.25, -0.2) is 9.79 Å². The fraction of sp³-hybridized carbons (Fsp3) is 0.370. The molecule has 1 amide bonds. The number of benzene rings is 2. The van der Waals surface area contributed by atoms with E-state index < -0.39 is 12.6 Å². The minimum absolute atomic E-state index is 0.0475. The van der Waals surface area contributed by atoms with Crippen LogP contribution in [0, 0.1) is 5.92 Å². The number of rotatable bonds is 8. The van der Waals surface area contributed by atoms with Crippen LogP contribution in [-0.4, -0.2) is 46.3 Å². The third-order valence-electron chi connectivity index (χ3n) is 6.19. The number of carbonyl (C=O) groups excluding carboxylic acids is 1. The highest BCUT2D eigenvalue weighted by molar-refractivity contribution is 9.10. The van der Waals surface area contributed by atoms with Crippen LogP contribution in [0.15, 0.2) is 56.8 Å². The van der Waals surface area contributed by atoms with Crippen molar-refractivity contribution in [2.45, 2.75) is 45.6 Å². The van der Waals surface area contributed by atoms with Crippen LogP contribution in [0.4, 0.5) is 5.69 Å². The van der Waals surface area contributed by atoms with E-state index in [9.17, 15) is 9.59 Å². The van der Waals surface area contributed by atoms with Crippen molar-refractivity contribution in [1.29, 1.82) is 0 Å². The molecule has 9 heteroatoms. The molecule has 0 bridgehead atoms. The second-order valence-corrected chi connectivity index (χ2v) is 10.7. The highest BCUT2D eigenvalue weighted by Crippen LogP contribution is 2.42. The Labute approximate surface area is 223 Å². The van der Waals surface area contributed by atoms with Gasteiger partial charge >= 0.3 is 5.97 Å². The lowest BCUT2D eigenvalue weighted by molar-refractivity contribution is -0.139. The average molecular weight is 574 g/mol. The van der Waals surface area contributed by atoms with Crippen LogP contribution < -0.4 is 9.47 Å². The minimum Gasteiger partial charge on any atom is -0.490 e. The molecule has 190 valence electrons. The molecule has 36 heavy (non-hydrogen) atoms. The molecule has 1 saturated carbocycles. The van der Waals surface area contributed by atoms with Crippen molar-refractivity contribution >= 4 is 56.5 Å². The smallest absolute Gasteiger partial charge is 0.341 e. The molecule has 0 unspecified atom stereocenters. The Bertz CT molecular complexity index is 1180. The monoisotopic (exact) mass is 572 g/mol. The van der Waals surface area contributed by atoms with Crippen LogP contribution >= 0.6 is 27.7 Å². The Morgan fingerprint density at radius 1 is 1.22 bits per heavy atom. The van der Waals surface area contributed by atoms with Gasteiger partial charge in [-0.2, -0.15) is 0 Å². The highest BCUT2D eigenvalue weighted by atomic mass is 79.9. The van der Waals surface area contributed by atoms with Gasteiger partial charge in [0.2, 0.25) is 0 Å². The lowest BCUT2D eigenvalue weighted by Gasteiger charge is -2.35. The molecule has 2 aromatic carbocycles. The van der Waals surface area contributed by atoms with E-state index >= 15 is 0 Å². The number of nitrogens with zero attached hydrogens (tertiary/aromatic N) is 2. The number of amidine groups is 1. The van der Waals surface area contributed by atoms with Crippen LogP contribution in [-0.2, 0) is 9.59 Å². The Hall–Kier alpha value is -2.78. The summed E-state index contributed by atoms with van der Waals surface area (Å²) in [6, 6.07) is 13.3. The molecule has 2 fully saturated rings. The Balaban J connectivity index is 1.70. The molecule has 0 aromatic heterocycles. The number of thioether (sulfide) groups is 1. The summed E-state index contributed by atoms with van der Waals surface area (Å²) in [5.74, 6) is -0.00499. The normalized spacial score (nSPS) is 22.3. The molecule has 2 aromatic rings. The van der Waals surface area contributed by atoms with Gasteiger partial charge in [-0.15, -0.1) is 0 Å². The molecule has 7 nitrogen and oxygen atoms in total. The number of amides is 1. The Kier molecular flexibility index (Phi) is 8.74. The number of carboxylic acid groups (broad SMARTS) is 1. The van der Waals surface area contributed by atoms with Gasteiger partial charge in [0, 0.05) is 6.04 Å². The van der Waals surface area contributed by atoms with Gasteiger partial charge < -0.3 is 14.6 Å². The summed E-state index contributed by atoms with van der Waals surface area (Å²) in [5.41, 5.74) is 1.55. The molecule has 2 atom stereocenters. The maximum Gasteiger partial charge on any atom is 0.341 e. The van der Waals surface area contributed by atoms with Gasteiger partial charge in [0.1, 0.15) is 0 Å². The van der Waals surface area contributed by atoms with Crippen molar-refractivity contribution in [3.05, 3.63) is 57.4 Å². The lowest BCUT2D eigenvalue weighted by Crippen LogP contribution is -2.44. The van der Waals surface area contributed by atoms with E-state index in [1.165, 1.54) is 18.2 Å². The van der Waals surface area contributed by atoms with Gasteiger partial charge in [0.25, 0.3) is 5.91 Å². The molecule has 1 N–H and O–H groups in total. The van der Waals surface area contributed by atoms with Crippen LogP contribution in [0.3, 0.4) is 0 Å². The second-order valence-electron chi connectivity index (χ2n) is 8.79. The molecule has 0 radical (unpaired) electrons. The quantitative estimate of drug-likeness (QED) is 0.363. The third kappa shape index (κ3) is 6.13. The number of ether oxygens (including phenoxy) is 2. The average Bonchev–Trinajstić information content (AvgIpc) is 3.13. The largest absolute Gasteiger partial charge is 0.490 e. The summed E-state index contributed by atoms with van der Waals surface area (Å²) in [5, 5.41) is 9.69. The van der Waals surface area contributed by atoms with E-state index in [1.54, 1.807) is 12.1 Å². The summed E-state index contributed by atoms with van der Waals surface area (Å²) < 4.78 is 11.7. The van der Waals surface area contributed by atoms with Crippen LogP contribution in [0.1, 0.15) is 45.1 Å². The Morgan fingerprint density at radius 3 is 2.67 bits per heavy atom. The first kappa shape index (κ1) is 26.3. The first-order valence-electron chi connectivity index (χ1n) is 12.0. The predicted octanol–water partition coefficient (Wildman–Crippen LogP) is 6.49. The van der Waals surface area contributed by atoms with Gasteiger partial charge in [-0.3, -0.25) is 9.69 Å². The van der Waals surface area contributed by atoms with Crippen molar-refractivity contribution in [3.8, 4) is 11.5 Å². The fourth-order valence-corrected chi connectivity index (χ4v) is 6.13. The lowest BCUT2D eigenvalue weighted by atomic mass is 9.85. The van der Waals surface area contributed by atoms with Crippen molar-refractivity contribution in [2.24, 2.45) is 10.9 Å². The number of carbonyl (C=O) groups is 2. The standard InChI is InChI=1S/C27H29BrN2O5S/c1-3-34-22-14-18(13-20(28)25(22)35-16-24(31)32)15-23-26(33)30(21-12-8-7-9-17(21)2)27(36-23)29-19-10-5-4-6-11-19/h4-6,10-11,13-15,17,21H,3,7-9,12,16H2,1-2H3,(H,31,32)/b23-15-,29-27?/t17-,21-/m1/s1. The van der Waals surface area contributed by atoms with Crippen molar-refractivity contribution in [3.63, 3.8) is 0 Å². The molecule has 1 saturated heterocycles.